The lowest BCUT2D eigenvalue weighted by atomic mass is 10.1. The molecule has 2 N–H and O–H groups in total. The molecule has 0 aliphatic carbocycles. The minimum Gasteiger partial charge on any atom is -0.508 e. The average Bonchev–Trinajstić information content (AvgIpc) is 2.38. The lowest BCUT2D eigenvalue weighted by Gasteiger charge is -2.11. The summed E-state index contributed by atoms with van der Waals surface area (Å²) in [6.45, 7) is 2.45. The number of phenolic OH excluding ortho intramolecular Hbond substituents is 1. The van der Waals surface area contributed by atoms with Crippen molar-refractivity contribution in [2.24, 2.45) is 0 Å². The number of nitrogens with one attached hydrogen (secondary N) is 1. The first-order valence-electron chi connectivity index (χ1n) is 5.96. The summed E-state index contributed by atoms with van der Waals surface area (Å²) >= 11 is 6.05. The first kappa shape index (κ1) is 13.6. The molecule has 0 heterocycles. The fraction of sp³-hybridized carbons (Fsp3) is 0.200. The Morgan fingerprint density at radius 2 is 2.05 bits per heavy atom. The van der Waals surface area contributed by atoms with Crippen molar-refractivity contribution in [3.05, 3.63) is 52.5 Å². The third-order valence-electron chi connectivity index (χ3n) is 2.96. The fourth-order valence-electron chi connectivity index (χ4n) is 1.90. The van der Waals surface area contributed by atoms with Crippen molar-refractivity contribution in [3.8, 4) is 11.5 Å². The van der Waals surface area contributed by atoms with E-state index in [1.165, 1.54) is 0 Å². The molecule has 0 fully saturated rings. The Kier molecular flexibility index (Phi) is 4.17. The van der Waals surface area contributed by atoms with Crippen LogP contribution >= 0.6 is 11.6 Å². The number of methoxy groups -OCH3 is 1. The highest BCUT2D eigenvalue weighted by Gasteiger charge is 2.06. The molecule has 4 heteroatoms. The second kappa shape index (κ2) is 5.85. The Morgan fingerprint density at radius 1 is 1.26 bits per heavy atom. The topological polar surface area (TPSA) is 41.5 Å². The van der Waals surface area contributed by atoms with E-state index in [-0.39, 0.29) is 5.75 Å². The molecule has 0 spiro atoms. The molecule has 0 saturated carbocycles. The molecule has 0 unspecified atom stereocenters. The first-order chi connectivity index (χ1) is 9.11. The van der Waals surface area contributed by atoms with Crippen molar-refractivity contribution < 1.29 is 9.84 Å². The molecule has 0 aromatic heterocycles. The highest BCUT2D eigenvalue weighted by molar-refractivity contribution is 6.31. The van der Waals surface area contributed by atoms with Gasteiger partial charge in [0.15, 0.2) is 0 Å². The minimum atomic E-state index is 0.199. The van der Waals surface area contributed by atoms with Crippen molar-refractivity contribution in [2.45, 2.75) is 13.5 Å². The van der Waals surface area contributed by atoms with E-state index < -0.39 is 0 Å². The SMILES string of the molecule is COc1ccc(NCc2c(O)cccc2Cl)cc1C. The zero-order chi connectivity index (χ0) is 13.8. The Bertz CT molecular complexity index is 564. The molecule has 0 aliphatic heterocycles. The van der Waals surface area contributed by atoms with Crippen LogP contribution < -0.4 is 10.1 Å². The van der Waals surface area contributed by atoms with Gasteiger partial charge in [-0.15, -0.1) is 0 Å². The molecular weight excluding hydrogens is 262 g/mol. The van der Waals surface area contributed by atoms with E-state index in [9.17, 15) is 5.11 Å². The summed E-state index contributed by atoms with van der Waals surface area (Å²) in [5.74, 6) is 1.05. The largest absolute Gasteiger partial charge is 0.508 e. The molecular formula is C15H16ClNO2. The number of benzene rings is 2. The number of hydrogen-bond donors (Lipinski definition) is 2. The molecule has 0 aliphatic rings. The van der Waals surface area contributed by atoms with Gasteiger partial charge < -0.3 is 15.2 Å². The molecule has 100 valence electrons. The van der Waals surface area contributed by atoms with E-state index in [4.69, 9.17) is 16.3 Å². The van der Waals surface area contributed by atoms with Crippen LogP contribution in [0.4, 0.5) is 5.69 Å². The van der Waals surface area contributed by atoms with Gasteiger partial charge in [0.25, 0.3) is 0 Å². The van der Waals surface area contributed by atoms with E-state index in [1.807, 2.05) is 25.1 Å². The summed E-state index contributed by atoms with van der Waals surface area (Å²) in [6, 6.07) is 10.9. The van der Waals surface area contributed by atoms with Crippen LogP contribution in [-0.2, 0) is 6.54 Å². The smallest absolute Gasteiger partial charge is 0.122 e. The van der Waals surface area contributed by atoms with Crippen molar-refractivity contribution >= 4 is 17.3 Å². The maximum Gasteiger partial charge on any atom is 0.122 e. The highest BCUT2D eigenvalue weighted by atomic mass is 35.5. The number of rotatable bonds is 4. The van der Waals surface area contributed by atoms with E-state index in [0.29, 0.717) is 17.1 Å². The van der Waals surface area contributed by atoms with Crippen LogP contribution in [0.2, 0.25) is 5.02 Å². The summed E-state index contributed by atoms with van der Waals surface area (Å²) < 4.78 is 5.21. The van der Waals surface area contributed by atoms with Crippen LogP contribution in [0.1, 0.15) is 11.1 Å². The van der Waals surface area contributed by atoms with Gasteiger partial charge in [0.2, 0.25) is 0 Å². The molecule has 3 nitrogen and oxygen atoms in total. The summed E-state index contributed by atoms with van der Waals surface area (Å²) in [5.41, 5.74) is 2.70. The number of halogens is 1. The monoisotopic (exact) mass is 277 g/mol. The van der Waals surface area contributed by atoms with E-state index in [0.717, 1.165) is 17.0 Å². The van der Waals surface area contributed by atoms with Gasteiger partial charge in [-0.2, -0.15) is 0 Å². The molecule has 2 rings (SSSR count). The zero-order valence-corrected chi connectivity index (χ0v) is 11.7. The van der Waals surface area contributed by atoms with Crippen molar-refractivity contribution in [2.75, 3.05) is 12.4 Å². The van der Waals surface area contributed by atoms with Crippen molar-refractivity contribution in [3.63, 3.8) is 0 Å². The first-order valence-corrected chi connectivity index (χ1v) is 6.34. The van der Waals surface area contributed by atoms with Gasteiger partial charge in [0.1, 0.15) is 11.5 Å². The van der Waals surface area contributed by atoms with Gasteiger partial charge in [-0.3, -0.25) is 0 Å². The van der Waals surface area contributed by atoms with E-state index >= 15 is 0 Å². The maximum absolute atomic E-state index is 9.76. The predicted molar refractivity (Wildman–Crippen MR) is 78.2 cm³/mol. The van der Waals surface area contributed by atoms with E-state index in [1.54, 1.807) is 25.3 Å². The van der Waals surface area contributed by atoms with Crippen LogP contribution in [0.25, 0.3) is 0 Å². The molecule has 0 amide bonds. The predicted octanol–water partition coefficient (Wildman–Crippen LogP) is 3.97. The van der Waals surface area contributed by atoms with Gasteiger partial charge in [-0.25, -0.2) is 0 Å². The summed E-state index contributed by atoms with van der Waals surface area (Å²) in [4.78, 5) is 0. The number of hydrogen-bond acceptors (Lipinski definition) is 3. The van der Waals surface area contributed by atoms with Crippen LogP contribution in [-0.4, -0.2) is 12.2 Å². The third-order valence-corrected chi connectivity index (χ3v) is 3.31. The highest BCUT2D eigenvalue weighted by Crippen LogP contribution is 2.27. The minimum absolute atomic E-state index is 0.199. The fourth-order valence-corrected chi connectivity index (χ4v) is 2.14. The lowest BCUT2D eigenvalue weighted by molar-refractivity contribution is 0.412. The number of anilines is 1. The van der Waals surface area contributed by atoms with Crippen LogP contribution in [0.3, 0.4) is 0 Å². The molecule has 2 aromatic carbocycles. The Balaban J connectivity index is 2.13. The Labute approximate surface area is 117 Å². The van der Waals surface area contributed by atoms with Gasteiger partial charge in [-0.05, 0) is 42.8 Å². The number of aromatic hydroxyl groups is 1. The quantitative estimate of drug-likeness (QED) is 0.888. The van der Waals surface area contributed by atoms with Gasteiger partial charge in [-0.1, -0.05) is 17.7 Å². The Hall–Kier alpha value is -1.87. The summed E-state index contributed by atoms with van der Waals surface area (Å²) in [5, 5.41) is 13.5. The Morgan fingerprint density at radius 3 is 2.68 bits per heavy atom. The second-order valence-corrected chi connectivity index (χ2v) is 4.68. The van der Waals surface area contributed by atoms with Gasteiger partial charge in [0, 0.05) is 22.8 Å². The van der Waals surface area contributed by atoms with Gasteiger partial charge >= 0.3 is 0 Å². The summed E-state index contributed by atoms with van der Waals surface area (Å²) in [7, 11) is 1.65. The molecule has 19 heavy (non-hydrogen) atoms. The number of aryl methyl sites for hydroxylation is 1. The molecule has 0 saturated heterocycles. The standard InChI is InChI=1S/C15H16ClNO2/c1-10-8-11(6-7-15(10)19-2)17-9-12-13(16)4-3-5-14(12)18/h3-8,17-18H,9H2,1-2H3. The normalized spacial score (nSPS) is 10.3. The van der Waals surface area contributed by atoms with Crippen LogP contribution in [0.5, 0.6) is 11.5 Å². The third kappa shape index (κ3) is 3.12. The number of phenols is 1. The average molecular weight is 278 g/mol. The van der Waals surface area contributed by atoms with Crippen LogP contribution in [0, 0.1) is 6.92 Å². The van der Waals surface area contributed by atoms with E-state index in [2.05, 4.69) is 5.32 Å². The zero-order valence-electron chi connectivity index (χ0n) is 10.9. The molecule has 2 aromatic rings. The molecule has 0 atom stereocenters. The molecule has 0 radical (unpaired) electrons. The van der Waals surface area contributed by atoms with Crippen molar-refractivity contribution in [1.29, 1.82) is 0 Å². The number of ether oxygens (including phenoxy) is 1. The van der Waals surface area contributed by atoms with Gasteiger partial charge in [0.05, 0.1) is 7.11 Å². The molecule has 0 bridgehead atoms. The summed E-state index contributed by atoms with van der Waals surface area (Å²) in [6.07, 6.45) is 0. The maximum atomic E-state index is 9.76. The lowest BCUT2D eigenvalue weighted by Crippen LogP contribution is -2.01. The van der Waals surface area contributed by atoms with Crippen LogP contribution in [0.15, 0.2) is 36.4 Å². The van der Waals surface area contributed by atoms with Crippen molar-refractivity contribution in [1.82, 2.24) is 0 Å². The second-order valence-electron chi connectivity index (χ2n) is 4.28.